The largest absolute Gasteiger partial charge is 0.464 e. The van der Waals surface area contributed by atoms with Crippen LogP contribution in [0.2, 0.25) is 0 Å². The lowest BCUT2D eigenvalue weighted by molar-refractivity contribution is -0.175. The monoisotopic (exact) mass is 282 g/mol. The smallest absolute Gasteiger partial charge is 0.338 e. The van der Waals surface area contributed by atoms with Crippen LogP contribution in [0.15, 0.2) is 0 Å². The van der Waals surface area contributed by atoms with E-state index in [2.05, 4.69) is 0 Å². The van der Waals surface area contributed by atoms with Gasteiger partial charge in [-0.1, -0.05) is 26.2 Å². The van der Waals surface area contributed by atoms with Crippen LogP contribution < -0.4 is 0 Å². The molecule has 2 fully saturated rings. The van der Waals surface area contributed by atoms with Crippen molar-refractivity contribution in [2.45, 2.75) is 83.7 Å². The molecule has 2 rings (SSSR count). The second kappa shape index (κ2) is 6.46. The molecule has 1 atom stereocenters. The first-order chi connectivity index (χ1) is 9.56. The normalized spacial score (nSPS) is 25.6. The maximum Gasteiger partial charge on any atom is 0.338 e. The summed E-state index contributed by atoms with van der Waals surface area (Å²) in [4.78, 5) is 12.2. The van der Waals surface area contributed by atoms with Gasteiger partial charge < -0.3 is 9.84 Å². The first-order valence-corrected chi connectivity index (χ1v) is 8.46. The summed E-state index contributed by atoms with van der Waals surface area (Å²) in [5.74, 6) is -0.304. The third kappa shape index (κ3) is 3.03. The van der Waals surface area contributed by atoms with E-state index in [0.717, 1.165) is 19.3 Å². The second-order valence-corrected chi connectivity index (χ2v) is 6.88. The van der Waals surface area contributed by atoms with E-state index in [1.165, 1.54) is 38.5 Å². The number of ether oxygens (including phenoxy) is 1. The molecule has 0 aromatic heterocycles. The van der Waals surface area contributed by atoms with Gasteiger partial charge in [-0.25, -0.2) is 4.79 Å². The minimum atomic E-state index is -1.25. The van der Waals surface area contributed by atoms with Crippen molar-refractivity contribution in [2.75, 3.05) is 6.61 Å². The molecule has 2 saturated carbocycles. The fourth-order valence-corrected chi connectivity index (χ4v) is 4.44. The molecule has 0 saturated heterocycles. The van der Waals surface area contributed by atoms with Gasteiger partial charge in [0.2, 0.25) is 0 Å². The quantitative estimate of drug-likeness (QED) is 0.779. The van der Waals surface area contributed by atoms with Crippen molar-refractivity contribution < 1.29 is 14.6 Å². The SMILES string of the molecule is CCCC(O)(C(=O)OCC)C1CCC2(CCCC2)CC1. The summed E-state index contributed by atoms with van der Waals surface area (Å²) < 4.78 is 5.14. The van der Waals surface area contributed by atoms with E-state index >= 15 is 0 Å². The number of carbonyl (C=O) groups excluding carboxylic acids is 1. The average Bonchev–Trinajstić information content (AvgIpc) is 2.88. The molecular weight excluding hydrogens is 252 g/mol. The van der Waals surface area contributed by atoms with Crippen molar-refractivity contribution >= 4 is 5.97 Å². The zero-order valence-corrected chi connectivity index (χ0v) is 13.1. The summed E-state index contributed by atoms with van der Waals surface area (Å²) >= 11 is 0. The van der Waals surface area contributed by atoms with Gasteiger partial charge in [0.25, 0.3) is 0 Å². The first-order valence-electron chi connectivity index (χ1n) is 8.46. The third-order valence-electron chi connectivity index (χ3n) is 5.65. The van der Waals surface area contributed by atoms with Crippen molar-refractivity contribution in [1.29, 1.82) is 0 Å². The highest BCUT2D eigenvalue weighted by molar-refractivity contribution is 5.79. The van der Waals surface area contributed by atoms with Crippen LogP contribution >= 0.6 is 0 Å². The molecule has 0 aromatic rings. The van der Waals surface area contributed by atoms with E-state index < -0.39 is 11.6 Å². The van der Waals surface area contributed by atoms with Gasteiger partial charge in [-0.15, -0.1) is 0 Å². The number of hydrogen-bond acceptors (Lipinski definition) is 3. The van der Waals surface area contributed by atoms with Crippen molar-refractivity contribution in [2.24, 2.45) is 11.3 Å². The van der Waals surface area contributed by atoms with Gasteiger partial charge in [0.1, 0.15) is 0 Å². The van der Waals surface area contributed by atoms with Crippen LogP contribution in [-0.2, 0) is 9.53 Å². The van der Waals surface area contributed by atoms with Crippen molar-refractivity contribution in [3.8, 4) is 0 Å². The summed E-state index contributed by atoms with van der Waals surface area (Å²) in [5, 5.41) is 10.9. The molecule has 3 nitrogen and oxygen atoms in total. The van der Waals surface area contributed by atoms with Gasteiger partial charge >= 0.3 is 5.97 Å². The second-order valence-electron chi connectivity index (χ2n) is 6.88. The van der Waals surface area contributed by atoms with Gasteiger partial charge in [-0.3, -0.25) is 0 Å². The predicted octanol–water partition coefficient (Wildman–Crippen LogP) is 3.83. The molecule has 0 aliphatic heterocycles. The highest BCUT2D eigenvalue weighted by Gasteiger charge is 2.48. The maximum atomic E-state index is 12.2. The van der Waals surface area contributed by atoms with Crippen LogP contribution in [0.1, 0.15) is 78.1 Å². The summed E-state index contributed by atoms with van der Waals surface area (Å²) in [6.45, 7) is 4.17. The van der Waals surface area contributed by atoms with Crippen molar-refractivity contribution in [3.63, 3.8) is 0 Å². The molecular formula is C17H30O3. The maximum absolute atomic E-state index is 12.2. The van der Waals surface area contributed by atoms with E-state index in [4.69, 9.17) is 4.74 Å². The standard InChI is InChI=1S/C17H30O3/c1-3-9-17(19,15(18)20-4-2)14-7-12-16(13-8-14)10-5-6-11-16/h14,19H,3-13H2,1-2H3. The Bertz CT molecular complexity index is 323. The fraction of sp³-hybridized carbons (Fsp3) is 0.941. The van der Waals surface area contributed by atoms with E-state index in [9.17, 15) is 9.90 Å². The van der Waals surface area contributed by atoms with Gasteiger partial charge in [0.05, 0.1) is 6.61 Å². The van der Waals surface area contributed by atoms with E-state index in [1.807, 2.05) is 6.92 Å². The molecule has 0 bridgehead atoms. The van der Waals surface area contributed by atoms with E-state index in [-0.39, 0.29) is 5.92 Å². The van der Waals surface area contributed by atoms with E-state index in [0.29, 0.717) is 18.4 Å². The van der Waals surface area contributed by atoms with Crippen LogP contribution in [0, 0.1) is 11.3 Å². The molecule has 1 spiro atoms. The van der Waals surface area contributed by atoms with Gasteiger partial charge in [0, 0.05) is 0 Å². The number of hydrogen-bond donors (Lipinski definition) is 1. The molecule has 0 heterocycles. The Hall–Kier alpha value is -0.570. The van der Waals surface area contributed by atoms with Gasteiger partial charge in [0.15, 0.2) is 5.60 Å². The Balaban J connectivity index is 2.02. The third-order valence-corrected chi connectivity index (χ3v) is 5.65. The summed E-state index contributed by atoms with van der Waals surface area (Å²) in [6.07, 6.45) is 11.1. The summed E-state index contributed by atoms with van der Waals surface area (Å²) in [7, 11) is 0. The number of carbonyl (C=O) groups is 1. The van der Waals surface area contributed by atoms with Crippen molar-refractivity contribution in [1.82, 2.24) is 0 Å². The predicted molar refractivity (Wildman–Crippen MR) is 79.3 cm³/mol. The summed E-state index contributed by atoms with van der Waals surface area (Å²) in [6, 6.07) is 0. The van der Waals surface area contributed by atoms with Crippen molar-refractivity contribution in [3.05, 3.63) is 0 Å². The van der Waals surface area contributed by atoms with Crippen LogP contribution in [-0.4, -0.2) is 23.3 Å². The number of aliphatic hydroxyl groups is 1. The molecule has 1 N–H and O–H groups in total. The average molecular weight is 282 g/mol. The van der Waals surface area contributed by atoms with Gasteiger partial charge in [-0.05, 0) is 63.2 Å². The van der Waals surface area contributed by atoms with Crippen LogP contribution in [0.4, 0.5) is 0 Å². The Kier molecular flexibility index (Phi) is 5.11. The molecule has 2 aliphatic carbocycles. The Morgan fingerprint density at radius 1 is 1.20 bits per heavy atom. The number of esters is 1. The van der Waals surface area contributed by atoms with Gasteiger partial charge in [-0.2, -0.15) is 0 Å². The molecule has 20 heavy (non-hydrogen) atoms. The van der Waals surface area contributed by atoms with E-state index in [1.54, 1.807) is 6.92 Å². The zero-order chi connectivity index (χ0) is 14.6. The molecule has 0 amide bonds. The Morgan fingerprint density at radius 3 is 2.30 bits per heavy atom. The van der Waals surface area contributed by atoms with Crippen LogP contribution in [0.25, 0.3) is 0 Å². The van der Waals surface area contributed by atoms with Crippen LogP contribution in [0.3, 0.4) is 0 Å². The molecule has 116 valence electrons. The lowest BCUT2D eigenvalue weighted by atomic mass is 9.64. The number of rotatable bonds is 5. The van der Waals surface area contributed by atoms with Crippen LogP contribution in [0.5, 0.6) is 0 Å². The first kappa shape index (κ1) is 15.8. The lowest BCUT2D eigenvalue weighted by Gasteiger charge is -2.43. The zero-order valence-electron chi connectivity index (χ0n) is 13.1. The highest BCUT2D eigenvalue weighted by Crippen LogP contribution is 2.52. The Labute approximate surface area is 123 Å². The molecule has 2 aliphatic rings. The topological polar surface area (TPSA) is 46.5 Å². The fourth-order valence-electron chi connectivity index (χ4n) is 4.44. The summed E-state index contributed by atoms with van der Waals surface area (Å²) in [5.41, 5.74) is -0.705. The lowest BCUT2D eigenvalue weighted by Crippen LogP contribution is -2.49. The molecule has 3 heteroatoms. The molecule has 0 aromatic carbocycles. The molecule has 0 radical (unpaired) electrons. The highest BCUT2D eigenvalue weighted by atomic mass is 16.5. The minimum absolute atomic E-state index is 0.0905. The Morgan fingerprint density at radius 2 is 1.80 bits per heavy atom. The minimum Gasteiger partial charge on any atom is -0.464 e. The molecule has 1 unspecified atom stereocenters.